The van der Waals surface area contributed by atoms with Crippen molar-refractivity contribution >= 4 is 32.0 Å². The second-order valence-corrected chi connectivity index (χ2v) is 7.54. The van der Waals surface area contributed by atoms with E-state index >= 15 is 0 Å². The van der Waals surface area contributed by atoms with Crippen molar-refractivity contribution in [3.05, 3.63) is 66.1 Å². The number of rotatable bonds is 2. The number of benzene rings is 2. The molecule has 2 heterocycles. The van der Waals surface area contributed by atoms with E-state index in [9.17, 15) is 8.42 Å². The summed E-state index contributed by atoms with van der Waals surface area (Å²) in [5.74, 6) is 0.609. The van der Waals surface area contributed by atoms with Crippen LogP contribution < -0.4 is 0 Å². The predicted octanol–water partition coefficient (Wildman–Crippen LogP) is 3.44. The van der Waals surface area contributed by atoms with E-state index < -0.39 is 10.0 Å². The molecule has 4 aromatic rings. The second-order valence-electron chi connectivity index (χ2n) is 5.75. The molecule has 0 aliphatic carbocycles. The molecule has 0 aliphatic heterocycles. The third-order valence-corrected chi connectivity index (χ3v) is 5.79. The Morgan fingerprint density at radius 3 is 2.38 bits per heavy atom. The fraction of sp³-hybridized carbons (Fsp3) is 0.111. The summed E-state index contributed by atoms with van der Waals surface area (Å²) < 4.78 is 27.8. The van der Waals surface area contributed by atoms with Crippen LogP contribution in [-0.4, -0.2) is 22.4 Å². The van der Waals surface area contributed by atoms with Gasteiger partial charge in [-0.15, -0.1) is 0 Å². The van der Waals surface area contributed by atoms with Gasteiger partial charge in [0, 0.05) is 5.39 Å². The van der Waals surface area contributed by atoms with Gasteiger partial charge in [-0.05, 0) is 32.0 Å². The summed E-state index contributed by atoms with van der Waals surface area (Å²) in [6.07, 6.45) is 1.57. The van der Waals surface area contributed by atoms with Crippen molar-refractivity contribution in [2.24, 2.45) is 0 Å². The minimum absolute atomic E-state index is 0.247. The molecule has 0 saturated carbocycles. The first-order valence-electron chi connectivity index (χ1n) is 7.53. The molecule has 0 amide bonds. The molecule has 5 nitrogen and oxygen atoms in total. The number of fused-ring (bicyclic) bond motifs is 3. The third kappa shape index (κ3) is 2.11. The van der Waals surface area contributed by atoms with Gasteiger partial charge in [0.2, 0.25) is 0 Å². The highest BCUT2D eigenvalue weighted by atomic mass is 32.2. The van der Waals surface area contributed by atoms with Crippen LogP contribution in [0.2, 0.25) is 0 Å². The van der Waals surface area contributed by atoms with Gasteiger partial charge in [0.25, 0.3) is 10.0 Å². The highest BCUT2D eigenvalue weighted by Gasteiger charge is 2.23. The van der Waals surface area contributed by atoms with Gasteiger partial charge in [0.05, 0.1) is 16.6 Å². The Balaban J connectivity index is 2.13. The number of hydrogen-bond acceptors (Lipinski definition) is 4. The molecular weight excluding hydrogens is 322 g/mol. The van der Waals surface area contributed by atoms with E-state index in [0.29, 0.717) is 22.4 Å². The molecule has 0 saturated heterocycles. The Morgan fingerprint density at radius 2 is 1.62 bits per heavy atom. The van der Waals surface area contributed by atoms with Crippen molar-refractivity contribution in [1.29, 1.82) is 0 Å². The van der Waals surface area contributed by atoms with Crippen molar-refractivity contribution in [3.63, 3.8) is 0 Å². The highest BCUT2D eigenvalue weighted by Crippen LogP contribution is 2.30. The number of para-hydroxylation sites is 1. The maximum atomic E-state index is 13.2. The second kappa shape index (κ2) is 5.14. The molecule has 24 heavy (non-hydrogen) atoms. The summed E-state index contributed by atoms with van der Waals surface area (Å²) >= 11 is 0. The fourth-order valence-corrected chi connectivity index (χ4v) is 4.37. The summed E-state index contributed by atoms with van der Waals surface area (Å²) in [6.45, 7) is 3.72. The van der Waals surface area contributed by atoms with E-state index in [1.54, 1.807) is 43.5 Å². The lowest BCUT2D eigenvalue weighted by Gasteiger charge is -2.09. The first-order chi connectivity index (χ1) is 11.5. The minimum atomic E-state index is -3.74. The average Bonchev–Trinajstić information content (AvgIpc) is 2.90. The normalized spacial score (nSPS) is 12.1. The van der Waals surface area contributed by atoms with E-state index in [1.807, 2.05) is 25.1 Å². The molecule has 0 bridgehead atoms. The molecule has 4 rings (SSSR count). The zero-order valence-corrected chi connectivity index (χ0v) is 14.1. The van der Waals surface area contributed by atoms with Crippen LogP contribution in [0.25, 0.3) is 21.9 Å². The van der Waals surface area contributed by atoms with Crippen molar-refractivity contribution < 1.29 is 8.42 Å². The first-order valence-corrected chi connectivity index (χ1v) is 8.97. The smallest absolute Gasteiger partial charge is 0.239 e. The minimum Gasteiger partial charge on any atom is -0.239 e. The molecule has 2 aromatic heterocycles. The molecule has 0 N–H and O–H groups in total. The quantitative estimate of drug-likeness (QED) is 0.562. The SMILES string of the molecule is Cc1ccc(S(=O)(=O)n2c3ccccc3c3nc(C)ncc32)cc1. The van der Waals surface area contributed by atoms with Crippen LogP contribution in [0, 0.1) is 13.8 Å². The van der Waals surface area contributed by atoms with Gasteiger partial charge >= 0.3 is 0 Å². The van der Waals surface area contributed by atoms with Crippen LogP contribution >= 0.6 is 0 Å². The van der Waals surface area contributed by atoms with Crippen LogP contribution in [0.5, 0.6) is 0 Å². The van der Waals surface area contributed by atoms with Crippen LogP contribution in [-0.2, 0) is 10.0 Å². The Bertz CT molecular complexity index is 1180. The Labute approximate surface area is 139 Å². The number of aromatic nitrogens is 3. The fourth-order valence-electron chi connectivity index (χ4n) is 2.87. The zero-order chi connectivity index (χ0) is 16.9. The number of nitrogens with zero attached hydrogens (tertiary/aromatic N) is 3. The van der Waals surface area contributed by atoms with Crippen molar-refractivity contribution in [2.75, 3.05) is 0 Å². The van der Waals surface area contributed by atoms with Gasteiger partial charge in [-0.25, -0.2) is 22.4 Å². The first kappa shape index (κ1) is 14.8. The van der Waals surface area contributed by atoms with Crippen molar-refractivity contribution in [3.8, 4) is 0 Å². The molecule has 6 heteroatoms. The molecule has 0 spiro atoms. The molecule has 0 atom stereocenters. The van der Waals surface area contributed by atoms with E-state index in [-0.39, 0.29) is 4.90 Å². The van der Waals surface area contributed by atoms with Crippen LogP contribution in [0.1, 0.15) is 11.4 Å². The third-order valence-electron chi connectivity index (χ3n) is 4.05. The van der Waals surface area contributed by atoms with Gasteiger partial charge in [0.15, 0.2) is 0 Å². The van der Waals surface area contributed by atoms with Crippen LogP contribution in [0.15, 0.2) is 59.6 Å². The van der Waals surface area contributed by atoms with Gasteiger partial charge in [0.1, 0.15) is 16.9 Å². The Kier molecular flexibility index (Phi) is 3.18. The molecular formula is C18H15N3O2S. The monoisotopic (exact) mass is 337 g/mol. The standard InChI is InChI=1S/C18H15N3O2S/c1-12-7-9-14(10-8-12)24(22,23)21-16-6-4-3-5-15(16)18-17(21)11-19-13(2)20-18/h3-11H,1-2H3. The van der Waals surface area contributed by atoms with E-state index in [2.05, 4.69) is 9.97 Å². The predicted molar refractivity (Wildman–Crippen MR) is 93.5 cm³/mol. The van der Waals surface area contributed by atoms with Gasteiger partial charge < -0.3 is 0 Å². The lowest BCUT2D eigenvalue weighted by Crippen LogP contribution is -2.13. The Hall–Kier alpha value is -2.73. The molecule has 2 aromatic carbocycles. The molecule has 120 valence electrons. The Morgan fingerprint density at radius 1 is 0.917 bits per heavy atom. The summed E-state index contributed by atoms with van der Waals surface area (Å²) in [7, 11) is -3.74. The summed E-state index contributed by atoms with van der Waals surface area (Å²) in [5.41, 5.74) is 2.75. The lowest BCUT2D eigenvalue weighted by atomic mass is 10.2. The van der Waals surface area contributed by atoms with E-state index in [4.69, 9.17) is 0 Å². The van der Waals surface area contributed by atoms with Gasteiger partial charge in [-0.1, -0.05) is 35.9 Å². The van der Waals surface area contributed by atoms with E-state index in [1.165, 1.54) is 3.97 Å². The van der Waals surface area contributed by atoms with Crippen LogP contribution in [0.4, 0.5) is 0 Å². The van der Waals surface area contributed by atoms with Gasteiger partial charge in [-0.2, -0.15) is 0 Å². The summed E-state index contributed by atoms with van der Waals surface area (Å²) in [5, 5.41) is 0.800. The lowest BCUT2D eigenvalue weighted by molar-refractivity contribution is 0.590. The highest BCUT2D eigenvalue weighted by molar-refractivity contribution is 7.90. The van der Waals surface area contributed by atoms with Crippen molar-refractivity contribution in [2.45, 2.75) is 18.7 Å². The molecule has 0 aliphatic rings. The molecule has 0 radical (unpaired) electrons. The molecule has 0 unspecified atom stereocenters. The van der Waals surface area contributed by atoms with Crippen molar-refractivity contribution in [1.82, 2.24) is 13.9 Å². The average molecular weight is 337 g/mol. The summed E-state index contributed by atoms with van der Waals surface area (Å²) in [4.78, 5) is 8.88. The maximum absolute atomic E-state index is 13.2. The maximum Gasteiger partial charge on any atom is 0.268 e. The zero-order valence-electron chi connectivity index (χ0n) is 13.3. The van der Waals surface area contributed by atoms with Gasteiger partial charge in [-0.3, -0.25) is 0 Å². The largest absolute Gasteiger partial charge is 0.268 e. The number of hydrogen-bond donors (Lipinski definition) is 0. The van der Waals surface area contributed by atoms with E-state index in [0.717, 1.165) is 10.9 Å². The number of aryl methyl sites for hydroxylation is 2. The summed E-state index contributed by atoms with van der Waals surface area (Å²) in [6, 6.07) is 14.2. The topological polar surface area (TPSA) is 64.8 Å². The van der Waals surface area contributed by atoms with Crippen LogP contribution in [0.3, 0.4) is 0 Å². The molecule has 0 fully saturated rings.